The van der Waals surface area contributed by atoms with Crippen LogP contribution in [0.25, 0.3) is 0 Å². The van der Waals surface area contributed by atoms with Gasteiger partial charge in [-0.2, -0.15) is 0 Å². The summed E-state index contributed by atoms with van der Waals surface area (Å²) in [4.78, 5) is 13.4. The molecule has 0 fully saturated rings. The largest absolute Gasteiger partial charge is 0.354 e. The van der Waals surface area contributed by atoms with E-state index in [1.807, 2.05) is 19.0 Å². The zero-order valence-corrected chi connectivity index (χ0v) is 13.0. The predicted molar refractivity (Wildman–Crippen MR) is 78.2 cm³/mol. The zero-order chi connectivity index (χ0) is 15.2. The summed E-state index contributed by atoms with van der Waals surface area (Å²) in [5.41, 5.74) is 0. The quantitative estimate of drug-likeness (QED) is 0.757. The second-order valence-electron chi connectivity index (χ2n) is 4.44. The van der Waals surface area contributed by atoms with E-state index in [2.05, 4.69) is 10.0 Å². The molecular weight excluding hydrogens is 302 g/mol. The first kappa shape index (κ1) is 16.9. The van der Waals surface area contributed by atoms with Crippen LogP contribution in [0.1, 0.15) is 0 Å². The molecule has 2 N–H and O–H groups in total. The molecule has 1 amide bonds. The Morgan fingerprint density at radius 2 is 2.05 bits per heavy atom. The molecule has 0 radical (unpaired) electrons. The van der Waals surface area contributed by atoms with Gasteiger partial charge in [-0.25, -0.2) is 13.1 Å². The summed E-state index contributed by atoms with van der Waals surface area (Å²) in [5, 5.41) is 2.94. The van der Waals surface area contributed by atoms with Crippen LogP contribution >= 0.6 is 11.6 Å². The van der Waals surface area contributed by atoms with E-state index >= 15 is 0 Å². The fraction of sp³-hybridized carbons (Fsp3) is 0.417. The summed E-state index contributed by atoms with van der Waals surface area (Å²) in [6.07, 6.45) is 0. The van der Waals surface area contributed by atoms with Crippen LogP contribution in [0.15, 0.2) is 29.2 Å². The molecule has 0 bridgehead atoms. The summed E-state index contributed by atoms with van der Waals surface area (Å²) >= 11 is 5.74. The topological polar surface area (TPSA) is 78.5 Å². The number of rotatable bonds is 7. The van der Waals surface area contributed by atoms with Crippen molar-refractivity contribution in [3.8, 4) is 0 Å². The van der Waals surface area contributed by atoms with Crippen molar-refractivity contribution in [3.05, 3.63) is 29.3 Å². The number of carbonyl (C=O) groups is 1. The highest BCUT2D eigenvalue weighted by atomic mass is 35.5. The van der Waals surface area contributed by atoms with Crippen LogP contribution in [0.3, 0.4) is 0 Å². The Balaban J connectivity index is 2.50. The number of nitrogens with zero attached hydrogens (tertiary/aromatic N) is 1. The van der Waals surface area contributed by atoms with E-state index in [0.717, 1.165) is 0 Å². The molecule has 0 unspecified atom stereocenters. The van der Waals surface area contributed by atoms with E-state index in [9.17, 15) is 13.2 Å². The smallest absolute Gasteiger partial charge is 0.241 e. The molecule has 0 saturated carbocycles. The lowest BCUT2D eigenvalue weighted by Crippen LogP contribution is -2.39. The van der Waals surface area contributed by atoms with E-state index < -0.39 is 10.0 Å². The van der Waals surface area contributed by atoms with E-state index in [4.69, 9.17) is 11.6 Å². The number of likely N-dealkylation sites (N-methyl/N-ethyl adjacent to an activating group) is 1. The van der Waals surface area contributed by atoms with Gasteiger partial charge in [0.2, 0.25) is 15.9 Å². The van der Waals surface area contributed by atoms with E-state index in [1.165, 1.54) is 18.2 Å². The lowest BCUT2D eigenvalue weighted by atomic mass is 10.4. The van der Waals surface area contributed by atoms with E-state index in [-0.39, 0.29) is 17.3 Å². The van der Waals surface area contributed by atoms with Crippen LogP contribution in [-0.4, -0.2) is 53.0 Å². The Hall–Kier alpha value is -1.15. The van der Waals surface area contributed by atoms with Crippen molar-refractivity contribution in [1.82, 2.24) is 14.9 Å². The number of amides is 1. The summed E-state index contributed by atoms with van der Waals surface area (Å²) in [5.74, 6) is -0.377. The molecule has 1 aromatic carbocycles. The van der Waals surface area contributed by atoms with Gasteiger partial charge in [-0.3, -0.25) is 4.79 Å². The highest BCUT2D eigenvalue weighted by Gasteiger charge is 2.15. The van der Waals surface area contributed by atoms with Gasteiger partial charge in [0.25, 0.3) is 0 Å². The third-order valence-electron chi connectivity index (χ3n) is 2.41. The Bertz CT molecular complexity index is 561. The second kappa shape index (κ2) is 7.58. The Labute approximate surface area is 124 Å². The normalized spacial score (nSPS) is 11.6. The van der Waals surface area contributed by atoms with Crippen molar-refractivity contribution in [2.75, 3.05) is 33.7 Å². The highest BCUT2D eigenvalue weighted by Crippen LogP contribution is 2.14. The van der Waals surface area contributed by atoms with Gasteiger partial charge in [-0.15, -0.1) is 0 Å². The van der Waals surface area contributed by atoms with Gasteiger partial charge in [-0.1, -0.05) is 17.7 Å². The molecule has 0 saturated heterocycles. The lowest BCUT2D eigenvalue weighted by Gasteiger charge is -2.11. The average molecular weight is 320 g/mol. The maximum Gasteiger partial charge on any atom is 0.241 e. The van der Waals surface area contributed by atoms with Gasteiger partial charge < -0.3 is 10.2 Å². The average Bonchev–Trinajstić information content (AvgIpc) is 2.36. The second-order valence-corrected chi connectivity index (χ2v) is 6.64. The number of sulfonamides is 1. The zero-order valence-electron chi connectivity index (χ0n) is 11.4. The summed E-state index contributed by atoms with van der Waals surface area (Å²) in [6, 6.07) is 5.86. The lowest BCUT2D eigenvalue weighted by molar-refractivity contribution is -0.119. The van der Waals surface area contributed by atoms with Crippen LogP contribution in [0.4, 0.5) is 0 Å². The molecule has 0 aliphatic heterocycles. The standard InChI is InChI=1S/C12H18ClN3O3S/c1-16(2)7-6-14-12(17)9-15-20(18,19)11-5-3-4-10(13)8-11/h3-5,8,15H,6-7,9H2,1-2H3,(H,14,17). The van der Waals surface area contributed by atoms with Gasteiger partial charge in [0.05, 0.1) is 11.4 Å². The van der Waals surface area contributed by atoms with Crippen molar-refractivity contribution < 1.29 is 13.2 Å². The summed E-state index contributed by atoms with van der Waals surface area (Å²) < 4.78 is 26.1. The highest BCUT2D eigenvalue weighted by molar-refractivity contribution is 7.89. The van der Waals surface area contributed by atoms with Crippen LogP contribution in [0, 0.1) is 0 Å². The van der Waals surface area contributed by atoms with Crippen LogP contribution in [0.5, 0.6) is 0 Å². The van der Waals surface area contributed by atoms with Crippen molar-refractivity contribution in [2.45, 2.75) is 4.90 Å². The molecule has 112 valence electrons. The molecule has 0 spiro atoms. The number of nitrogens with one attached hydrogen (secondary N) is 2. The van der Waals surface area contributed by atoms with Crippen molar-refractivity contribution >= 4 is 27.5 Å². The van der Waals surface area contributed by atoms with Crippen LogP contribution in [0.2, 0.25) is 5.02 Å². The summed E-state index contributed by atoms with van der Waals surface area (Å²) in [7, 11) is 0.0410. The van der Waals surface area contributed by atoms with E-state index in [1.54, 1.807) is 6.07 Å². The van der Waals surface area contributed by atoms with Gasteiger partial charge in [0.15, 0.2) is 0 Å². The minimum atomic E-state index is -3.72. The number of hydrogen-bond donors (Lipinski definition) is 2. The molecule has 0 aliphatic rings. The van der Waals surface area contributed by atoms with Crippen molar-refractivity contribution in [3.63, 3.8) is 0 Å². The minimum Gasteiger partial charge on any atom is -0.354 e. The minimum absolute atomic E-state index is 0.0334. The molecule has 20 heavy (non-hydrogen) atoms. The van der Waals surface area contributed by atoms with Gasteiger partial charge in [-0.05, 0) is 32.3 Å². The Morgan fingerprint density at radius 3 is 2.65 bits per heavy atom. The molecule has 8 heteroatoms. The van der Waals surface area contributed by atoms with E-state index in [0.29, 0.717) is 18.1 Å². The van der Waals surface area contributed by atoms with Crippen molar-refractivity contribution in [2.24, 2.45) is 0 Å². The Kier molecular flexibility index (Phi) is 6.41. The number of benzene rings is 1. The predicted octanol–water partition coefficient (Wildman–Crippen LogP) is 0.296. The summed E-state index contributed by atoms with van der Waals surface area (Å²) in [6.45, 7) is 0.847. The molecule has 0 aliphatic carbocycles. The number of hydrogen-bond acceptors (Lipinski definition) is 4. The fourth-order valence-corrected chi connectivity index (χ4v) is 2.64. The first-order chi connectivity index (χ1) is 9.31. The van der Waals surface area contributed by atoms with Gasteiger partial charge in [0.1, 0.15) is 0 Å². The fourth-order valence-electron chi connectivity index (χ4n) is 1.36. The molecular formula is C12H18ClN3O3S. The Morgan fingerprint density at radius 1 is 1.35 bits per heavy atom. The number of carbonyl (C=O) groups excluding carboxylic acids is 1. The van der Waals surface area contributed by atoms with Crippen LogP contribution < -0.4 is 10.0 Å². The molecule has 0 heterocycles. The first-order valence-corrected chi connectivity index (χ1v) is 7.84. The third-order valence-corrected chi connectivity index (χ3v) is 4.04. The van der Waals surface area contributed by atoms with Crippen LogP contribution in [-0.2, 0) is 14.8 Å². The third kappa shape index (κ3) is 5.87. The van der Waals surface area contributed by atoms with Crippen molar-refractivity contribution in [1.29, 1.82) is 0 Å². The SMILES string of the molecule is CN(C)CCNC(=O)CNS(=O)(=O)c1cccc(Cl)c1. The molecule has 0 atom stereocenters. The number of halogens is 1. The molecule has 1 aromatic rings. The maximum absolute atomic E-state index is 11.9. The molecule has 1 rings (SSSR count). The van der Waals surface area contributed by atoms with Gasteiger partial charge >= 0.3 is 0 Å². The van der Waals surface area contributed by atoms with Gasteiger partial charge in [0, 0.05) is 18.1 Å². The first-order valence-electron chi connectivity index (χ1n) is 5.98. The monoisotopic (exact) mass is 319 g/mol. The molecule has 0 aromatic heterocycles. The maximum atomic E-state index is 11.9. The molecule has 6 nitrogen and oxygen atoms in total.